The molecule has 3 rings (SSSR count). The zero-order chi connectivity index (χ0) is 17.3. The minimum Gasteiger partial charge on any atom is -0.331 e. The molecule has 0 aliphatic heterocycles. The molecule has 1 N–H and O–H groups in total. The maximum atomic E-state index is 13.3. The van der Waals surface area contributed by atoms with Crippen LogP contribution in [0.5, 0.6) is 0 Å². The molecule has 124 valence electrons. The van der Waals surface area contributed by atoms with Crippen molar-refractivity contribution in [3.8, 4) is 10.4 Å². The third-order valence-corrected chi connectivity index (χ3v) is 4.86. The summed E-state index contributed by atoms with van der Waals surface area (Å²) in [5.74, 6) is 0. The average molecular weight is 389 g/mol. The SMILES string of the molecule is FC(F)(F)c1nc(Nc2ccc(Cl)c(Cl)c2)sc1-c1ccccc1. The summed E-state index contributed by atoms with van der Waals surface area (Å²) in [5, 5.41) is 3.63. The first-order valence-electron chi connectivity index (χ1n) is 6.70. The van der Waals surface area contributed by atoms with Crippen molar-refractivity contribution < 1.29 is 13.2 Å². The van der Waals surface area contributed by atoms with E-state index in [1.54, 1.807) is 42.5 Å². The number of anilines is 2. The first-order valence-corrected chi connectivity index (χ1v) is 8.27. The molecule has 1 aromatic heterocycles. The number of alkyl halides is 3. The smallest absolute Gasteiger partial charge is 0.331 e. The van der Waals surface area contributed by atoms with E-state index in [0.717, 1.165) is 11.3 Å². The fraction of sp³-hybridized carbons (Fsp3) is 0.0625. The Labute approximate surface area is 149 Å². The van der Waals surface area contributed by atoms with Gasteiger partial charge in [0, 0.05) is 5.69 Å². The third kappa shape index (κ3) is 3.66. The van der Waals surface area contributed by atoms with E-state index in [4.69, 9.17) is 23.2 Å². The van der Waals surface area contributed by atoms with Crippen LogP contribution < -0.4 is 5.32 Å². The minimum atomic E-state index is -4.54. The number of halogens is 5. The molecule has 1 heterocycles. The monoisotopic (exact) mass is 388 g/mol. The largest absolute Gasteiger partial charge is 0.434 e. The molecular weight excluding hydrogens is 380 g/mol. The summed E-state index contributed by atoms with van der Waals surface area (Å²) in [6.45, 7) is 0. The molecule has 2 nitrogen and oxygen atoms in total. The van der Waals surface area contributed by atoms with Crippen molar-refractivity contribution in [2.24, 2.45) is 0 Å². The molecule has 2 aromatic carbocycles. The van der Waals surface area contributed by atoms with E-state index in [2.05, 4.69) is 10.3 Å². The number of rotatable bonds is 3. The van der Waals surface area contributed by atoms with E-state index < -0.39 is 11.9 Å². The molecule has 3 aromatic rings. The second kappa shape index (κ2) is 6.63. The predicted octanol–water partition coefficient (Wildman–Crippen LogP) is 6.88. The van der Waals surface area contributed by atoms with Crippen molar-refractivity contribution in [3.05, 3.63) is 64.3 Å². The Morgan fingerprint density at radius 2 is 1.67 bits per heavy atom. The van der Waals surface area contributed by atoms with Gasteiger partial charge in [-0.15, -0.1) is 0 Å². The van der Waals surface area contributed by atoms with E-state index in [1.165, 1.54) is 6.07 Å². The van der Waals surface area contributed by atoms with Crippen LogP contribution in [0, 0.1) is 0 Å². The molecule has 0 saturated carbocycles. The molecule has 0 amide bonds. The van der Waals surface area contributed by atoms with E-state index in [0.29, 0.717) is 21.3 Å². The summed E-state index contributed by atoms with van der Waals surface area (Å²) in [5.41, 5.74) is 0.0530. The molecule has 0 aliphatic carbocycles. The minimum absolute atomic E-state index is 0.0608. The van der Waals surface area contributed by atoms with Gasteiger partial charge in [0.2, 0.25) is 0 Å². The molecule has 0 aliphatic rings. The van der Waals surface area contributed by atoms with Gasteiger partial charge in [-0.3, -0.25) is 0 Å². The molecule has 0 unspecified atom stereocenters. The number of nitrogens with zero attached hydrogens (tertiary/aromatic N) is 1. The van der Waals surface area contributed by atoms with Crippen LogP contribution in [0.1, 0.15) is 5.69 Å². The zero-order valence-electron chi connectivity index (χ0n) is 11.9. The Bertz CT molecular complexity index is 864. The number of hydrogen-bond acceptors (Lipinski definition) is 3. The summed E-state index contributed by atoms with van der Waals surface area (Å²) in [7, 11) is 0. The van der Waals surface area contributed by atoms with Crippen LogP contribution >= 0.6 is 34.5 Å². The first-order chi connectivity index (χ1) is 11.3. The Hall–Kier alpha value is -1.76. The maximum Gasteiger partial charge on any atom is 0.434 e. The van der Waals surface area contributed by atoms with Gasteiger partial charge < -0.3 is 5.32 Å². The highest BCUT2D eigenvalue weighted by molar-refractivity contribution is 7.19. The molecule has 0 bridgehead atoms. The van der Waals surface area contributed by atoms with E-state index in [9.17, 15) is 13.2 Å². The third-order valence-electron chi connectivity index (χ3n) is 3.10. The van der Waals surface area contributed by atoms with Crippen LogP contribution in [0.15, 0.2) is 48.5 Å². The number of nitrogens with one attached hydrogen (secondary N) is 1. The van der Waals surface area contributed by atoms with Gasteiger partial charge >= 0.3 is 6.18 Å². The van der Waals surface area contributed by atoms with Crippen molar-refractivity contribution in [1.82, 2.24) is 4.98 Å². The van der Waals surface area contributed by atoms with Gasteiger partial charge in [0.05, 0.1) is 14.9 Å². The van der Waals surface area contributed by atoms with E-state index >= 15 is 0 Å². The summed E-state index contributed by atoms with van der Waals surface area (Å²) in [6, 6.07) is 13.0. The molecule has 8 heteroatoms. The van der Waals surface area contributed by atoms with Crippen LogP contribution in [0.3, 0.4) is 0 Å². The Balaban J connectivity index is 2.01. The number of thiazole rings is 1. The highest BCUT2D eigenvalue weighted by Gasteiger charge is 2.38. The van der Waals surface area contributed by atoms with Crippen molar-refractivity contribution in [2.45, 2.75) is 6.18 Å². The number of benzene rings is 2. The molecule has 24 heavy (non-hydrogen) atoms. The van der Waals surface area contributed by atoms with Crippen LogP contribution in [-0.2, 0) is 6.18 Å². The fourth-order valence-electron chi connectivity index (χ4n) is 2.05. The Morgan fingerprint density at radius 1 is 0.958 bits per heavy atom. The quantitative estimate of drug-likeness (QED) is 0.528. The first kappa shape index (κ1) is 17.1. The van der Waals surface area contributed by atoms with Gasteiger partial charge in [0.1, 0.15) is 0 Å². The topological polar surface area (TPSA) is 24.9 Å². The lowest BCUT2D eigenvalue weighted by molar-refractivity contribution is -0.140. The van der Waals surface area contributed by atoms with Gasteiger partial charge in [0.25, 0.3) is 0 Å². The van der Waals surface area contributed by atoms with Crippen LogP contribution in [-0.4, -0.2) is 4.98 Å². The lowest BCUT2D eigenvalue weighted by Gasteiger charge is -2.05. The summed E-state index contributed by atoms with van der Waals surface area (Å²) >= 11 is 12.7. The molecule has 0 spiro atoms. The van der Waals surface area contributed by atoms with Crippen LogP contribution in [0.2, 0.25) is 10.0 Å². The number of aromatic nitrogens is 1. The maximum absolute atomic E-state index is 13.3. The number of hydrogen-bond donors (Lipinski definition) is 1. The lowest BCUT2D eigenvalue weighted by atomic mass is 10.1. The fourth-order valence-corrected chi connectivity index (χ4v) is 3.36. The normalized spacial score (nSPS) is 11.5. The van der Waals surface area contributed by atoms with Crippen LogP contribution in [0.25, 0.3) is 10.4 Å². The van der Waals surface area contributed by atoms with Crippen molar-refractivity contribution >= 4 is 45.4 Å². The van der Waals surface area contributed by atoms with Crippen LogP contribution in [0.4, 0.5) is 24.0 Å². The lowest BCUT2D eigenvalue weighted by Crippen LogP contribution is -2.07. The highest BCUT2D eigenvalue weighted by atomic mass is 35.5. The molecule has 0 fully saturated rings. The standard InChI is InChI=1S/C16H9Cl2F3N2S/c17-11-7-6-10(8-12(11)18)22-15-23-14(16(19,20)21)13(24-15)9-4-2-1-3-5-9/h1-8H,(H,22,23). The summed E-state index contributed by atoms with van der Waals surface area (Å²) < 4.78 is 39.8. The second-order valence-corrected chi connectivity index (χ2v) is 6.63. The molecular formula is C16H9Cl2F3N2S. The Morgan fingerprint density at radius 3 is 2.29 bits per heavy atom. The predicted molar refractivity (Wildman–Crippen MR) is 92.3 cm³/mol. The van der Waals surface area contributed by atoms with Crippen molar-refractivity contribution in [3.63, 3.8) is 0 Å². The van der Waals surface area contributed by atoms with Gasteiger partial charge in [0.15, 0.2) is 10.8 Å². The van der Waals surface area contributed by atoms with Gasteiger partial charge in [-0.2, -0.15) is 13.2 Å². The Kier molecular flexibility index (Phi) is 4.71. The van der Waals surface area contributed by atoms with Gasteiger partial charge in [-0.25, -0.2) is 4.98 Å². The highest BCUT2D eigenvalue weighted by Crippen LogP contribution is 2.42. The van der Waals surface area contributed by atoms with Gasteiger partial charge in [-0.1, -0.05) is 64.9 Å². The second-order valence-electron chi connectivity index (χ2n) is 4.81. The van der Waals surface area contributed by atoms with Crippen molar-refractivity contribution in [1.29, 1.82) is 0 Å². The summed E-state index contributed by atoms with van der Waals surface area (Å²) in [4.78, 5) is 3.77. The van der Waals surface area contributed by atoms with Crippen molar-refractivity contribution in [2.75, 3.05) is 5.32 Å². The average Bonchev–Trinajstić information content (AvgIpc) is 2.96. The molecule has 0 radical (unpaired) electrons. The zero-order valence-corrected chi connectivity index (χ0v) is 14.2. The summed E-state index contributed by atoms with van der Waals surface area (Å²) in [6.07, 6.45) is -4.54. The molecule has 0 saturated heterocycles. The van der Waals surface area contributed by atoms with E-state index in [1.807, 2.05) is 0 Å². The van der Waals surface area contributed by atoms with E-state index in [-0.39, 0.29) is 10.0 Å². The molecule has 0 atom stereocenters. The van der Waals surface area contributed by atoms with Gasteiger partial charge in [-0.05, 0) is 23.8 Å².